The molecule has 0 spiro atoms. The Morgan fingerprint density at radius 1 is 1.46 bits per heavy atom. The van der Waals surface area contributed by atoms with Crippen molar-refractivity contribution in [2.75, 3.05) is 13.7 Å². The van der Waals surface area contributed by atoms with Crippen molar-refractivity contribution in [2.24, 2.45) is 0 Å². The molecule has 1 aromatic rings. The predicted molar refractivity (Wildman–Crippen MR) is 58.9 cm³/mol. The molecule has 0 aliphatic heterocycles. The van der Waals surface area contributed by atoms with Gasteiger partial charge in [0, 0.05) is 17.5 Å². The van der Waals surface area contributed by atoms with E-state index in [1.807, 2.05) is 0 Å². The van der Waals surface area contributed by atoms with Gasteiger partial charge < -0.3 is 4.74 Å². The van der Waals surface area contributed by atoms with Gasteiger partial charge in [0.1, 0.15) is 0 Å². The van der Waals surface area contributed by atoms with Gasteiger partial charge in [0.15, 0.2) is 0 Å². The molecule has 1 nitrogen and oxygen atoms in total. The molecule has 1 radical (unpaired) electrons. The van der Waals surface area contributed by atoms with Gasteiger partial charge in [0.25, 0.3) is 0 Å². The monoisotopic (exact) mass is 241 g/mol. The summed E-state index contributed by atoms with van der Waals surface area (Å²) in [5, 5.41) is 0. The first-order valence-corrected chi connectivity index (χ1v) is 5.02. The Labute approximate surface area is 88.2 Å². The highest BCUT2D eigenvalue weighted by atomic mass is 79.9. The van der Waals surface area contributed by atoms with Crippen LogP contribution in [0.5, 0.6) is 0 Å². The van der Waals surface area contributed by atoms with Gasteiger partial charge in [-0.15, -0.1) is 0 Å². The summed E-state index contributed by atoms with van der Waals surface area (Å²) in [7, 11) is 1.70. The molecule has 2 heteroatoms. The van der Waals surface area contributed by atoms with E-state index in [-0.39, 0.29) is 5.92 Å². The van der Waals surface area contributed by atoms with Crippen molar-refractivity contribution in [3.8, 4) is 0 Å². The lowest BCUT2D eigenvalue weighted by Crippen LogP contribution is -2.02. The number of hydrogen-bond donors (Lipinski definition) is 0. The zero-order valence-electron chi connectivity index (χ0n) is 8.01. The molecular formula is C11H14BrO. The lowest BCUT2D eigenvalue weighted by atomic mass is 10.0. The Morgan fingerprint density at radius 3 is 2.69 bits per heavy atom. The minimum absolute atomic E-state index is 0.209. The van der Waals surface area contributed by atoms with Crippen LogP contribution in [0.25, 0.3) is 0 Å². The molecule has 0 fully saturated rings. The maximum atomic E-state index is 5.06. The molecule has 0 heterocycles. The quantitative estimate of drug-likeness (QED) is 0.790. The van der Waals surface area contributed by atoms with Crippen LogP contribution in [0.4, 0.5) is 0 Å². The van der Waals surface area contributed by atoms with Crippen molar-refractivity contribution in [2.45, 2.75) is 12.8 Å². The molecule has 1 aromatic carbocycles. The van der Waals surface area contributed by atoms with Crippen molar-refractivity contribution < 1.29 is 4.74 Å². The van der Waals surface area contributed by atoms with Crippen molar-refractivity contribution in [3.05, 3.63) is 40.7 Å². The second kappa shape index (κ2) is 4.77. The SMILES string of the molecule is [CH2]C(COC)c1cc(C)cc(Br)c1. The summed E-state index contributed by atoms with van der Waals surface area (Å²) in [5.74, 6) is 0.209. The fraction of sp³-hybridized carbons (Fsp3) is 0.364. The summed E-state index contributed by atoms with van der Waals surface area (Å²) in [5.41, 5.74) is 2.46. The van der Waals surface area contributed by atoms with Crippen molar-refractivity contribution in [1.82, 2.24) is 0 Å². The Balaban J connectivity index is 2.87. The van der Waals surface area contributed by atoms with Gasteiger partial charge in [-0.25, -0.2) is 0 Å². The molecule has 0 aliphatic rings. The lowest BCUT2D eigenvalue weighted by Gasteiger charge is -2.11. The molecule has 13 heavy (non-hydrogen) atoms. The van der Waals surface area contributed by atoms with Crippen LogP contribution < -0.4 is 0 Å². The third-order valence-electron chi connectivity index (χ3n) is 1.90. The van der Waals surface area contributed by atoms with Crippen LogP contribution in [0.1, 0.15) is 17.0 Å². The van der Waals surface area contributed by atoms with Gasteiger partial charge in [-0.1, -0.05) is 22.0 Å². The molecular weight excluding hydrogens is 228 g/mol. The summed E-state index contributed by atoms with van der Waals surface area (Å²) in [6.07, 6.45) is 0. The number of hydrogen-bond acceptors (Lipinski definition) is 1. The third kappa shape index (κ3) is 3.12. The van der Waals surface area contributed by atoms with E-state index < -0.39 is 0 Å². The predicted octanol–water partition coefficient (Wildman–Crippen LogP) is 3.32. The molecule has 0 aromatic heterocycles. The van der Waals surface area contributed by atoms with E-state index in [9.17, 15) is 0 Å². The maximum Gasteiger partial charge on any atom is 0.0530 e. The van der Waals surface area contributed by atoms with Crippen LogP contribution in [0, 0.1) is 13.8 Å². The first-order valence-electron chi connectivity index (χ1n) is 4.22. The second-order valence-corrected chi connectivity index (χ2v) is 4.13. The standard InChI is InChI=1S/C11H14BrO/c1-8-4-10(6-11(12)5-8)9(2)7-13-3/h4-6,9H,2,7H2,1,3H3. The van der Waals surface area contributed by atoms with E-state index in [1.54, 1.807) is 7.11 Å². The molecule has 1 atom stereocenters. The molecule has 0 N–H and O–H groups in total. The van der Waals surface area contributed by atoms with E-state index >= 15 is 0 Å². The van der Waals surface area contributed by atoms with Crippen LogP contribution in [-0.2, 0) is 4.74 Å². The number of halogens is 1. The van der Waals surface area contributed by atoms with Crippen LogP contribution in [-0.4, -0.2) is 13.7 Å². The molecule has 0 bridgehead atoms. The largest absolute Gasteiger partial charge is 0.384 e. The van der Waals surface area contributed by atoms with E-state index in [2.05, 4.69) is 48.0 Å². The molecule has 0 saturated heterocycles. The van der Waals surface area contributed by atoms with Crippen LogP contribution in [0.15, 0.2) is 22.7 Å². The topological polar surface area (TPSA) is 9.23 Å². The number of benzene rings is 1. The molecule has 1 rings (SSSR count). The van der Waals surface area contributed by atoms with Crippen LogP contribution >= 0.6 is 15.9 Å². The average Bonchev–Trinajstić information content (AvgIpc) is 2.03. The Hall–Kier alpha value is -0.340. The molecule has 1 unspecified atom stereocenters. The third-order valence-corrected chi connectivity index (χ3v) is 2.36. The number of methoxy groups -OCH3 is 1. The fourth-order valence-electron chi connectivity index (χ4n) is 1.30. The van der Waals surface area contributed by atoms with Crippen LogP contribution in [0.2, 0.25) is 0 Å². The summed E-state index contributed by atoms with van der Waals surface area (Å²) in [4.78, 5) is 0. The Morgan fingerprint density at radius 2 is 2.15 bits per heavy atom. The zero-order chi connectivity index (χ0) is 9.84. The van der Waals surface area contributed by atoms with Gasteiger partial charge in [0.05, 0.1) is 6.61 Å². The molecule has 71 valence electrons. The first-order chi connectivity index (χ1) is 6.13. The minimum atomic E-state index is 0.209. The lowest BCUT2D eigenvalue weighted by molar-refractivity contribution is 0.190. The van der Waals surface area contributed by atoms with Crippen molar-refractivity contribution in [1.29, 1.82) is 0 Å². The highest BCUT2D eigenvalue weighted by Gasteiger charge is 2.05. The van der Waals surface area contributed by atoms with Gasteiger partial charge in [0.2, 0.25) is 0 Å². The van der Waals surface area contributed by atoms with Gasteiger partial charge in [-0.05, 0) is 37.1 Å². The number of ether oxygens (including phenoxy) is 1. The molecule has 0 saturated carbocycles. The Bertz CT molecular complexity index is 263. The minimum Gasteiger partial charge on any atom is -0.384 e. The van der Waals surface area contributed by atoms with E-state index in [0.717, 1.165) is 4.47 Å². The summed E-state index contributed by atoms with van der Waals surface area (Å²) in [6, 6.07) is 6.31. The van der Waals surface area contributed by atoms with E-state index in [4.69, 9.17) is 4.74 Å². The maximum absolute atomic E-state index is 5.06. The van der Waals surface area contributed by atoms with E-state index in [1.165, 1.54) is 11.1 Å². The zero-order valence-corrected chi connectivity index (χ0v) is 9.60. The molecule has 0 aliphatic carbocycles. The highest BCUT2D eigenvalue weighted by molar-refractivity contribution is 9.10. The smallest absolute Gasteiger partial charge is 0.0530 e. The summed E-state index contributed by atoms with van der Waals surface area (Å²) in [6.45, 7) is 6.77. The van der Waals surface area contributed by atoms with Crippen LogP contribution in [0.3, 0.4) is 0 Å². The number of aryl methyl sites for hydroxylation is 1. The van der Waals surface area contributed by atoms with Gasteiger partial charge in [-0.2, -0.15) is 0 Å². The average molecular weight is 242 g/mol. The van der Waals surface area contributed by atoms with Crippen molar-refractivity contribution in [3.63, 3.8) is 0 Å². The molecule has 0 amide bonds. The van der Waals surface area contributed by atoms with Gasteiger partial charge >= 0.3 is 0 Å². The fourth-order valence-corrected chi connectivity index (χ4v) is 1.92. The normalized spacial score (nSPS) is 12.9. The highest BCUT2D eigenvalue weighted by Crippen LogP contribution is 2.21. The summed E-state index contributed by atoms with van der Waals surface area (Å²) < 4.78 is 6.16. The second-order valence-electron chi connectivity index (χ2n) is 3.21. The van der Waals surface area contributed by atoms with Crippen molar-refractivity contribution >= 4 is 15.9 Å². The summed E-state index contributed by atoms with van der Waals surface area (Å²) >= 11 is 3.46. The number of rotatable bonds is 3. The van der Waals surface area contributed by atoms with Gasteiger partial charge in [-0.3, -0.25) is 0 Å². The first kappa shape index (κ1) is 10.7. The Kier molecular flexibility index (Phi) is 3.94. The van der Waals surface area contributed by atoms with E-state index in [0.29, 0.717) is 6.61 Å².